The molecule has 0 aliphatic heterocycles. The minimum Gasteiger partial charge on any atom is -0.481 e. The van der Waals surface area contributed by atoms with Gasteiger partial charge in [0.05, 0.1) is 0 Å². The smallest absolute Gasteiger partial charge is 0.315 e. The lowest BCUT2D eigenvalue weighted by molar-refractivity contribution is -0.138. The number of carboxylic acid groups (broad SMARTS) is 1. The first-order valence-corrected chi connectivity index (χ1v) is 6.54. The molecule has 0 aliphatic carbocycles. The number of carbonyl (C=O) groups excluding carboxylic acids is 1. The van der Waals surface area contributed by atoms with Crippen LogP contribution in [0.25, 0.3) is 0 Å². The number of amides is 2. The molecule has 0 saturated carbocycles. The van der Waals surface area contributed by atoms with Crippen LogP contribution in [0.1, 0.15) is 40.0 Å². The third-order valence-electron chi connectivity index (χ3n) is 2.62. The Balaban J connectivity index is 4.12. The standard InChI is InChI=1S/C14H24N2O3/c1-5-6-11(4)16-14(19)15-9-12(7-10(2)3)8-13(17)18/h1,10-12H,6-9H2,2-4H3,(H,17,18)(H2,15,16,19). The predicted molar refractivity (Wildman–Crippen MR) is 74.6 cm³/mol. The van der Waals surface area contributed by atoms with Crippen molar-refractivity contribution in [3.63, 3.8) is 0 Å². The van der Waals surface area contributed by atoms with E-state index in [1.54, 1.807) is 0 Å². The number of hydrogen-bond acceptors (Lipinski definition) is 2. The van der Waals surface area contributed by atoms with Crippen LogP contribution in [0.4, 0.5) is 4.79 Å². The van der Waals surface area contributed by atoms with E-state index in [-0.39, 0.29) is 24.4 Å². The van der Waals surface area contributed by atoms with Gasteiger partial charge in [-0.15, -0.1) is 12.3 Å². The van der Waals surface area contributed by atoms with Gasteiger partial charge in [-0.3, -0.25) is 4.79 Å². The van der Waals surface area contributed by atoms with E-state index < -0.39 is 5.97 Å². The summed E-state index contributed by atoms with van der Waals surface area (Å²) < 4.78 is 0. The maximum atomic E-state index is 11.6. The maximum absolute atomic E-state index is 11.6. The number of terminal acetylenes is 1. The van der Waals surface area contributed by atoms with Gasteiger partial charge in [-0.05, 0) is 25.2 Å². The second-order valence-corrected chi connectivity index (χ2v) is 5.26. The Kier molecular flexibility index (Phi) is 8.43. The zero-order valence-corrected chi connectivity index (χ0v) is 11.9. The Morgan fingerprint density at radius 1 is 1.32 bits per heavy atom. The number of rotatable bonds is 8. The van der Waals surface area contributed by atoms with Gasteiger partial charge in [0.2, 0.25) is 0 Å². The van der Waals surface area contributed by atoms with E-state index in [2.05, 4.69) is 16.6 Å². The van der Waals surface area contributed by atoms with Crippen LogP contribution in [0, 0.1) is 24.2 Å². The van der Waals surface area contributed by atoms with Gasteiger partial charge >= 0.3 is 12.0 Å². The summed E-state index contributed by atoms with van der Waals surface area (Å²) in [4.78, 5) is 22.3. The van der Waals surface area contributed by atoms with Gasteiger partial charge in [0, 0.05) is 25.4 Å². The quantitative estimate of drug-likeness (QED) is 0.588. The molecular formula is C14H24N2O3. The molecule has 5 nitrogen and oxygen atoms in total. The Hall–Kier alpha value is -1.70. The molecule has 0 spiro atoms. The van der Waals surface area contributed by atoms with Crippen molar-refractivity contribution in [2.24, 2.45) is 11.8 Å². The fourth-order valence-electron chi connectivity index (χ4n) is 1.89. The topological polar surface area (TPSA) is 78.4 Å². The second kappa shape index (κ2) is 9.26. The first-order chi connectivity index (χ1) is 8.85. The van der Waals surface area contributed by atoms with Gasteiger partial charge in [-0.2, -0.15) is 0 Å². The molecule has 19 heavy (non-hydrogen) atoms. The number of aliphatic carboxylic acids is 1. The van der Waals surface area contributed by atoms with E-state index in [1.807, 2.05) is 20.8 Å². The molecule has 2 amide bonds. The molecule has 5 heteroatoms. The lowest BCUT2D eigenvalue weighted by Gasteiger charge is -2.19. The van der Waals surface area contributed by atoms with E-state index in [0.29, 0.717) is 18.9 Å². The van der Waals surface area contributed by atoms with Crippen molar-refractivity contribution < 1.29 is 14.7 Å². The van der Waals surface area contributed by atoms with Gasteiger partial charge in [0.1, 0.15) is 0 Å². The summed E-state index contributed by atoms with van der Waals surface area (Å²) in [5.74, 6) is 1.98. The monoisotopic (exact) mass is 268 g/mol. The van der Waals surface area contributed by atoms with Gasteiger partial charge < -0.3 is 15.7 Å². The van der Waals surface area contributed by atoms with Crippen molar-refractivity contribution in [1.82, 2.24) is 10.6 Å². The molecule has 0 fully saturated rings. The SMILES string of the molecule is C#CCC(C)NC(=O)NCC(CC(=O)O)CC(C)C. The zero-order chi connectivity index (χ0) is 14.8. The van der Waals surface area contributed by atoms with Crippen LogP contribution in [0.3, 0.4) is 0 Å². The Morgan fingerprint density at radius 2 is 1.95 bits per heavy atom. The summed E-state index contributed by atoms with van der Waals surface area (Å²) in [5.41, 5.74) is 0. The van der Waals surface area contributed by atoms with Crippen molar-refractivity contribution in [1.29, 1.82) is 0 Å². The van der Waals surface area contributed by atoms with Crippen molar-refractivity contribution >= 4 is 12.0 Å². The highest BCUT2D eigenvalue weighted by Crippen LogP contribution is 2.14. The van der Waals surface area contributed by atoms with Crippen molar-refractivity contribution in [3.05, 3.63) is 0 Å². The summed E-state index contributed by atoms with van der Waals surface area (Å²) in [5, 5.41) is 14.2. The van der Waals surface area contributed by atoms with Gasteiger partial charge in [0.25, 0.3) is 0 Å². The Labute approximate surface area is 115 Å². The van der Waals surface area contributed by atoms with Crippen molar-refractivity contribution in [2.75, 3.05) is 6.54 Å². The lowest BCUT2D eigenvalue weighted by Crippen LogP contribution is -2.42. The van der Waals surface area contributed by atoms with Gasteiger partial charge in [-0.1, -0.05) is 13.8 Å². The molecule has 0 aliphatic rings. The van der Waals surface area contributed by atoms with Crippen LogP contribution >= 0.6 is 0 Å². The molecule has 0 rings (SSSR count). The molecule has 0 saturated heterocycles. The first kappa shape index (κ1) is 17.3. The maximum Gasteiger partial charge on any atom is 0.315 e. The fourth-order valence-corrected chi connectivity index (χ4v) is 1.89. The van der Waals surface area contributed by atoms with Crippen LogP contribution in [0.15, 0.2) is 0 Å². The third kappa shape index (κ3) is 9.95. The molecule has 2 atom stereocenters. The van der Waals surface area contributed by atoms with Crippen LogP contribution < -0.4 is 10.6 Å². The number of hydrogen-bond donors (Lipinski definition) is 3. The van der Waals surface area contributed by atoms with E-state index in [4.69, 9.17) is 11.5 Å². The van der Waals surface area contributed by atoms with E-state index >= 15 is 0 Å². The van der Waals surface area contributed by atoms with E-state index in [9.17, 15) is 9.59 Å². The molecule has 0 aromatic carbocycles. The van der Waals surface area contributed by atoms with Crippen molar-refractivity contribution in [2.45, 2.75) is 46.1 Å². The third-order valence-corrected chi connectivity index (χ3v) is 2.62. The molecule has 0 aromatic heterocycles. The summed E-state index contributed by atoms with van der Waals surface area (Å²) in [6, 6.07) is -0.394. The molecule has 3 N–H and O–H groups in total. The molecule has 0 bridgehead atoms. The number of urea groups is 1. The van der Waals surface area contributed by atoms with Gasteiger partial charge in [-0.25, -0.2) is 4.79 Å². The lowest BCUT2D eigenvalue weighted by atomic mass is 9.94. The number of carbonyl (C=O) groups is 2. The first-order valence-electron chi connectivity index (χ1n) is 6.54. The molecular weight excluding hydrogens is 244 g/mol. The molecule has 0 aromatic rings. The minimum atomic E-state index is -0.839. The summed E-state index contributed by atoms with van der Waals surface area (Å²) in [6.07, 6.45) is 6.46. The molecule has 108 valence electrons. The van der Waals surface area contributed by atoms with Crippen LogP contribution in [-0.4, -0.2) is 29.7 Å². The van der Waals surface area contributed by atoms with Crippen LogP contribution in [0.2, 0.25) is 0 Å². The highest BCUT2D eigenvalue weighted by Gasteiger charge is 2.16. The molecule has 0 heterocycles. The largest absolute Gasteiger partial charge is 0.481 e. The number of carboxylic acids is 1. The minimum absolute atomic E-state index is 0.0498. The normalized spacial score (nSPS) is 13.4. The Morgan fingerprint density at radius 3 is 2.42 bits per heavy atom. The van der Waals surface area contributed by atoms with Crippen molar-refractivity contribution in [3.8, 4) is 12.3 Å². The summed E-state index contributed by atoms with van der Waals surface area (Å²) in [6.45, 7) is 6.25. The Bertz CT molecular complexity index is 334. The zero-order valence-electron chi connectivity index (χ0n) is 11.9. The average molecular weight is 268 g/mol. The highest BCUT2D eigenvalue weighted by molar-refractivity contribution is 5.74. The van der Waals surface area contributed by atoms with Crippen LogP contribution in [0.5, 0.6) is 0 Å². The summed E-state index contributed by atoms with van der Waals surface area (Å²) >= 11 is 0. The highest BCUT2D eigenvalue weighted by atomic mass is 16.4. The van der Waals surface area contributed by atoms with Crippen LogP contribution in [-0.2, 0) is 4.79 Å². The fraction of sp³-hybridized carbons (Fsp3) is 0.714. The molecule has 0 radical (unpaired) electrons. The van der Waals surface area contributed by atoms with Gasteiger partial charge in [0.15, 0.2) is 0 Å². The second-order valence-electron chi connectivity index (χ2n) is 5.26. The van der Waals surface area contributed by atoms with E-state index in [0.717, 1.165) is 6.42 Å². The summed E-state index contributed by atoms with van der Waals surface area (Å²) in [7, 11) is 0. The predicted octanol–water partition coefficient (Wildman–Crippen LogP) is 1.83. The molecule has 2 unspecified atom stereocenters. The average Bonchev–Trinajstić information content (AvgIpc) is 2.24. The van der Waals surface area contributed by atoms with E-state index in [1.165, 1.54) is 0 Å². The number of nitrogens with one attached hydrogen (secondary N) is 2.